The molecule has 0 spiro atoms. The minimum atomic E-state index is -0.358. The lowest BCUT2D eigenvalue weighted by Gasteiger charge is -2.42. The SMILES string of the molecule is Cc1cc(CCC(=O)N2CC(N3C(=O)CNC3=O)C2)ccc1Cl. The lowest BCUT2D eigenvalue weighted by molar-refractivity contribution is -0.142. The monoisotopic (exact) mass is 335 g/mol. The first-order valence-corrected chi connectivity index (χ1v) is 7.96. The van der Waals surface area contributed by atoms with E-state index in [1.54, 1.807) is 4.90 Å². The molecule has 3 rings (SSSR count). The molecule has 6 nitrogen and oxygen atoms in total. The quantitative estimate of drug-likeness (QED) is 0.844. The van der Waals surface area contributed by atoms with Gasteiger partial charge < -0.3 is 10.2 Å². The first-order chi connectivity index (χ1) is 11.0. The van der Waals surface area contributed by atoms with Crippen LogP contribution in [-0.4, -0.2) is 53.3 Å². The number of carbonyl (C=O) groups excluding carboxylic acids is 3. The molecule has 1 aromatic carbocycles. The van der Waals surface area contributed by atoms with Gasteiger partial charge in [0.2, 0.25) is 11.8 Å². The van der Waals surface area contributed by atoms with Crippen LogP contribution in [0.3, 0.4) is 0 Å². The highest BCUT2D eigenvalue weighted by molar-refractivity contribution is 6.31. The number of halogens is 1. The number of nitrogens with zero attached hydrogens (tertiary/aromatic N) is 2. The smallest absolute Gasteiger partial charge is 0.324 e. The molecule has 4 amide bonds. The highest BCUT2D eigenvalue weighted by Crippen LogP contribution is 2.20. The lowest BCUT2D eigenvalue weighted by atomic mass is 10.0. The van der Waals surface area contributed by atoms with Crippen LogP contribution in [-0.2, 0) is 16.0 Å². The molecule has 23 heavy (non-hydrogen) atoms. The summed E-state index contributed by atoms with van der Waals surface area (Å²) in [7, 11) is 0. The largest absolute Gasteiger partial charge is 0.338 e. The van der Waals surface area contributed by atoms with Crippen LogP contribution in [0.15, 0.2) is 18.2 Å². The van der Waals surface area contributed by atoms with Crippen molar-refractivity contribution in [1.29, 1.82) is 0 Å². The molecule has 122 valence electrons. The van der Waals surface area contributed by atoms with Crippen molar-refractivity contribution in [1.82, 2.24) is 15.1 Å². The summed E-state index contributed by atoms with van der Waals surface area (Å²) in [5.41, 5.74) is 2.07. The number of imide groups is 1. The highest BCUT2D eigenvalue weighted by atomic mass is 35.5. The third-order valence-electron chi connectivity index (χ3n) is 4.31. The number of urea groups is 1. The van der Waals surface area contributed by atoms with Crippen LogP contribution < -0.4 is 5.32 Å². The van der Waals surface area contributed by atoms with Gasteiger partial charge in [-0.25, -0.2) is 4.79 Å². The summed E-state index contributed by atoms with van der Waals surface area (Å²) in [6.45, 7) is 2.85. The van der Waals surface area contributed by atoms with E-state index in [0.29, 0.717) is 25.9 Å². The van der Waals surface area contributed by atoms with E-state index in [-0.39, 0.29) is 30.4 Å². The number of hydrogen-bond donors (Lipinski definition) is 1. The van der Waals surface area contributed by atoms with Crippen LogP contribution >= 0.6 is 11.6 Å². The van der Waals surface area contributed by atoms with Crippen LogP contribution in [0.4, 0.5) is 4.79 Å². The standard InChI is InChI=1S/C16H18ClN3O3/c1-10-6-11(2-4-13(10)17)3-5-14(21)19-8-12(9-19)20-15(22)7-18-16(20)23/h2,4,6,12H,3,5,7-9H2,1H3,(H,18,23). The predicted octanol–water partition coefficient (Wildman–Crippen LogP) is 1.34. The summed E-state index contributed by atoms with van der Waals surface area (Å²) in [6.07, 6.45) is 1.06. The van der Waals surface area contributed by atoms with Crippen molar-refractivity contribution in [3.05, 3.63) is 34.3 Å². The first-order valence-electron chi connectivity index (χ1n) is 7.58. The summed E-state index contributed by atoms with van der Waals surface area (Å²) in [5.74, 6) is -0.176. The fourth-order valence-electron chi connectivity index (χ4n) is 2.90. The Morgan fingerprint density at radius 1 is 1.35 bits per heavy atom. The zero-order valence-electron chi connectivity index (χ0n) is 12.8. The molecule has 0 saturated carbocycles. The fraction of sp³-hybridized carbons (Fsp3) is 0.438. The second-order valence-corrected chi connectivity index (χ2v) is 6.37. The van der Waals surface area contributed by atoms with E-state index in [1.165, 1.54) is 4.90 Å². The van der Waals surface area contributed by atoms with Crippen LogP contribution in [0.1, 0.15) is 17.5 Å². The molecule has 0 radical (unpaired) electrons. The van der Waals surface area contributed by atoms with Crippen LogP contribution in [0.2, 0.25) is 5.02 Å². The van der Waals surface area contributed by atoms with Crippen molar-refractivity contribution in [2.24, 2.45) is 0 Å². The summed E-state index contributed by atoms with van der Waals surface area (Å²) < 4.78 is 0. The van der Waals surface area contributed by atoms with Crippen molar-refractivity contribution in [3.8, 4) is 0 Å². The highest BCUT2D eigenvalue weighted by Gasteiger charge is 2.42. The molecule has 2 heterocycles. The number of amides is 4. The number of nitrogens with one attached hydrogen (secondary N) is 1. The van der Waals surface area contributed by atoms with Gasteiger partial charge in [0, 0.05) is 24.5 Å². The number of hydrogen-bond acceptors (Lipinski definition) is 3. The Bertz CT molecular complexity index is 655. The van der Waals surface area contributed by atoms with E-state index in [0.717, 1.165) is 16.1 Å². The number of rotatable bonds is 4. The minimum absolute atomic E-state index is 0.0425. The van der Waals surface area contributed by atoms with Gasteiger partial charge in [0.05, 0.1) is 12.6 Å². The number of benzene rings is 1. The van der Waals surface area contributed by atoms with Crippen molar-refractivity contribution in [2.75, 3.05) is 19.6 Å². The Balaban J connectivity index is 1.48. The molecule has 2 fully saturated rings. The average Bonchev–Trinajstić information content (AvgIpc) is 2.79. The van der Waals surface area contributed by atoms with E-state index in [2.05, 4.69) is 5.32 Å². The molecule has 1 aromatic rings. The maximum atomic E-state index is 12.2. The van der Waals surface area contributed by atoms with Gasteiger partial charge in [-0.3, -0.25) is 14.5 Å². The molecule has 0 aromatic heterocycles. The number of aryl methyl sites for hydroxylation is 2. The van der Waals surface area contributed by atoms with Crippen molar-refractivity contribution < 1.29 is 14.4 Å². The van der Waals surface area contributed by atoms with Gasteiger partial charge >= 0.3 is 6.03 Å². The molecule has 0 unspecified atom stereocenters. The van der Waals surface area contributed by atoms with Crippen molar-refractivity contribution in [2.45, 2.75) is 25.8 Å². The second kappa shape index (κ2) is 6.20. The van der Waals surface area contributed by atoms with Gasteiger partial charge in [-0.2, -0.15) is 0 Å². The molecule has 2 aliphatic heterocycles. The van der Waals surface area contributed by atoms with E-state index in [4.69, 9.17) is 11.6 Å². The van der Waals surface area contributed by atoms with E-state index < -0.39 is 0 Å². The molecule has 7 heteroatoms. The molecule has 0 atom stereocenters. The van der Waals surface area contributed by atoms with Crippen molar-refractivity contribution in [3.63, 3.8) is 0 Å². The maximum absolute atomic E-state index is 12.2. The molecular formula is C16H18ClN3O3. The Morgan fingerprint density at radius 2 is 2.09 bits per heavy atom. The Morgan fingerprint density at radius 3 is 2.70 bits per heavy atom. The van der Waals surface area contributed by atoms with Crippen LogP contribution in [0, 0.1) is 6.92 Å². The fourth-order valence-corrected chi connectivity index (χ4v) is 3.02. The van der Waals surface area contributed by atoms with Gasteiger partial charge in [-0.15, -0.1) is 0 Å². The molecular weight excluding hydrogens is 318 g/mol. The second-order valence-electron chi connectivity index (χ2n) is 5.96. The third kappa shape index (κ3) is 3.17. The first kappa shape index (κ1) is 15.8. The summed E-state index contributed by atoms with van der Waals surface area (Å²) in [6, 6.07) is 5.21. The predicted molar refractivity (Wildman–Crippen MR) is 85.1 cm³/mol. The Labute approximate surface area is 139 Å². The molecule has 2 aliphatic rings. The summed E-state index contributed by atoms with van der Waals surface area (Å²) in [5, 5.41) is 3.21. The lowest BCUT2D eigenvalue weighted by Crippen LogP contribution is -2.62. The van der Waals surface area contributed by atoms with Gasteiger partial charge in [-0.05, 0) is 30.5 Å². The zero-order chi connectivity index (χ0) is 16.6. The van der Waals surface area contributed by atoms with E-state index in [9.17, 15) is 14.4 Å². The molecule has 0 aliphatic carbocycles. The van der Waals surface area contributed by atoms with Gasteiger partial charge in [-0.1, -0.05) is 23.7 Å². The summed E-state index contributed by atoms with van der Waals surface area (Å²) >= 11 is 5.99. The minimum Gasteiger partial charge on any atom is -0.338 e. The third-order valence-corrected chi connectivity index (χ3v) is 4.73. The van der Waals surface area contributed by atoms with Crippen LogP contribution in [0.25, 0.3) is 0 Å². The van der Waals surface area contributed by atoms with Crippen molar-refractivity contribution >= 4 is 29.4 Å². The normalized spacial score (nSPS) is 18.2. The molecule has 0 bridgehead atoms. The van der Waals surface area contributed by atoms with Gasteiger partial charge in [0.1, 0.15) is 0 Å². The Hall–Kier alpha value is -2.08. The summed E-state index contributed by atoms with van der Waals surface area (Å²) in [4.78, 5) is 38.2. The average molecular weight is 336 g/mol. The van der Waals surface area contributed by atoms with Gasteiger partial charge in [0.15, 0.2) is 0 Å². The zero-order valence-corrected chi connectivity index (χ0v) is 13.6. The van der Waals surface area contributed by atoms with E-state index >= 15 is 0 Å². The van der Waals surface area contributed by atoms with Gasteiger partial charge in [0.25, 0.3) is 0 Å². The number of likely N-dealkylation sites (tertiary alicyclic amines) is 1. The molecule has 2 saturated heterocycles. The Kier molecular flexibility index (Phi) is 4.26. The topological polar surface area (TPSA) is 69.7 Å². The maximum Gasteiger partial charge on any atom is 0.324 e. The van der Waals surface area contributed by atoms with E-state index in [1.807, 2.05) is 25.1 Å². The number of carbonyl (C=O) groups is 3. The molecule has 1 N–H and O–H groups in total. The van der Waals surface area contributed by atoms with Crippen LogP contribution in [0.5, 0.6) is 0 Å².